The molecule has 4 rings (SSSR count). The summed E-state index contributed by atoms with van der Waals surface area (Å²) >= 11 is 0. The molecule has 0 spiro atoms. The maximum absolute atomic E-state index is 13.1. The highest BCUT2D eigenvalue weighted by molar-refractivity contribution is 7.89. The number of carbonyl (C=O) groups excluding carboxylic acids is 1. The lowest BCUT2D eigenvalue weighted by Gasteiger charge is -2.25. The third-order valence-corrected chi connectivity index (χ3v) is 8.65. The van der Waals surface area contributed by atoms with Crippen LogP contribution in [0.25, 0.3) is 11.0 Å². The Labute approximate surface area is 208 Å². The van der Waals surface area contributed by atoms with Crippen LogP contribution in [-0.2, 0) is 34.8 Å². The van der Waals surface area contributed by atoms with Gasteiger partial charge in [0.1, 0.15) is 5.82 Å². The summed E-state index contributed by atoms with van der Waals surface area (Å²) in [6, 6.07) is 13.3. The molecule has 9 heteroatoms. The number of piperidine rings is 1. The molecule has 1 aromatic heterocycles. The number of anilines is 1. The van der Waals surface area contributed by atoms with Crippen molar-refractivity contribution in [1.29, 1.82) is 0 Å². The molecule has 1 aliphatic heterocycles. The van der Waals surface area contributed by atoms with E-state index in [9.17, 15) is 13.2 Å². The van der Waals surface area contributed by atoms with E-state index in [2.05, 4.69) is 4.98 Å². The second kappa shape index (κ2) is 10.4. The van der Waals surface area contributed by atoms with E-state index in [-0.39, 0.29) is 10.8 Å². The first-order valence-electron chi connectivity index (χ1n) is 12.1. The molecular weight excluding hydrogens is 462 g/mol. The molecule has 0 bridgehead atoms. The van der Waals surface area contributed by atoms with Crippen molar-refractivity contribution >= 4 is 32.7 Å². The summed E-state index contributed by atoms with van der Waals surface area (Å²) in [5, 5.41) is 0. The number of nitrogens with zero attached hydrogens (tertiary/aromatic N) is 5. The molecule has 0 atom stereocenters. The molecule has 1 fully saturated rings. The van der Waals surface area contributed by atoms with Gasteiger partial charge in [-0.3, -0.25) is 4.79 Å². The second-order valence-electron chi connectivity index (χ2n) is 9.51. The minimum absolute atomic E-state index is 0.0436. The lowest BCUT2D eigenvalue weighted by Crippen LogP contribution is -2.35. The first kappa shape index (κ1) is 25.2. The van der Waals surface area contributed by atoms with Crippen LogP contribution in [0.1, 0.15) is 37.1 Å². The second-order valence-corrected chi connectivity index (χ2v) is 11.5. The SMILES string of the molecule is CN(Cc1ccc(N(C)C)cc1)C(=O)CCc1nc2cc(S(=O)(=O)N3CCCCC3)ccc2n1C. The van der Waals surface area contributed by atoms with E-state index in [1.54, 1.807) is 21.3 Å². The Balaban J connectivity index is 1.42. The Hall–Kier alpha value is -2.91. The van der Waals surface area contributed by atoms with Crippen molar-refractivity contribution in [1.82, 2.24) is 18.8 Å². The van der Waals surface area contributed by atoms with Gasteiger partial charge in [-0.05, 0) is 48.7 Å². The number of aryl methyl sites for hydroxylation is 2. The molecule has 0 radical (unpaired) electrons. The fourth-order valence-electron chi connectivity index (χ4n) is 4.54. The number of hydrogen-bond acceptors (Lipinski definition) is 5. The van der Waals surface area contributed by atoms with Gasteiger partial charge in [-0.2, -0.15) is 4.31 Å². The Morgan fingerprint density at radius 3 is 2.34 bits per heavy atom. The van der Waals surface area contributed by atoms with Gasteiger partial charge in [0, 0.05) is 66.4 Å². The first-order chi connectivity index (χ1) is 16.7. The van der Waals surface area contributed by atoms with Gasteiger partial charge < -0.3 is 14.4 Å². The van der Waals surface area contributed by atoms with Crippen LogP contribution in [0, 0.1) is 0 Å². The lowest BCUT2D eigenvalue weighted by atomic mass is 10.2. The summed E-state index contributed by atoms with van der Waals surface area (Å²) in [6.45, 7) is 1.69. The molecular formula is C26H35N5O3S. The summed E-state index contributed by atoms with van der Waals surface area (Å²) in [4.78, 5) is 21.5. The maximum Gasteiger partial charge on any atom is 0.243 e. The van der Waals surface area contributed by atoms with E-state index >= 15 is 0 Å². The van der Waals surface area contributed by atoms with Crippen molar-refractivity contribution in [3.05, 3.63) is 53.9 Å². The van der Waals surface area contributed by atoms with Gasteiger partial charge in [0.05, 0.1) is 15.9 Å². The Kier molecular flexibility index (Phi) is 7.47. The van der Waals surface area contributed by atoms with E-state index in [0.717, 1.165) is 41.9 Å². The number of sulfonamides is 1. The van der Waals surface area contributed by atoms with E-state index in [1.807, 2.05) is 68.0 Å². The van der Waals surface area contributed by atoms with Crippen LogP contribution < -0.4 is 4.90 Å². The number of fused-ring (bicyclic) bond motifs is 1. The topological polar surface area (TPSA) is 78.8 Å². The van der Waals surface area contributed by atoms with Crippen LogP contribution in [0.15, 0.2) is 47.4 Å². The number of amides is 1. The van der Waals surface area contributed by atoms with Crippen molar-refractivity contribution in [3.8, 4) is 0 Å². The average molecular weight is 498 g/mol. The Morgan fingerprint density at radius 1 is 1.00 bits per heavy atom. The van der Waals surface area contributed by atoms with Crippen LogP contribution in [0.3, 0.4) is 0 Å². The molecule has 0 N–H and O–H groups in total. The standard InChI is InChI=1S/C26H35N5O3S/c1-28(2)21-10-8-20(9-11-21)19-29(3)26(32)15-14-25-27-23-18-22(12-13-24(23)30(25)4)35(33,34)31-16-6-5-7-17-31/h8-13,18H,5-7,14-17,19H2,1-4H3. The molecule has 2 heterocycles. The normalized spacial score (nSPS) is 14.9. The number of rotatable bonds is 8. The minimum atomic E-state index is -3.51. The highest BCUT2D eigenvalue weighted by atomic mass is 32.2. The number of carbonyl (C=O) groups is 1. The predicted octanol–water partition coefficient (Wildman–Crippen LogP) is 3.41. The fourth-order valence-corrected chi connectivity index (χ4v) is 6.08. The highest BCUT2D eigenvalue weighted by Crippen LogP contribution is 2.25. The van der Waals surface area contributed by atoms with Gasteiger partial charge in [0.25, 0.3) is 0 Å². The van der Waals surface area contributed by atoms with Crippen molar-refractivity contribution in [2.24, 2.45) is 7.05 Å². The molecule has 0 aliphatic carbocycles. The van der Waals surface area contributed by atoms with E-state index in [1.165, 1.54) is 0 Å². The zero-order valence-corrected chi connectivity index (χ0v) is 21.9. The smallest absolute Gasteiger partial charge is 0.243 e. The summed E-state index contributed by atoms with van der Waals surface area (Å²) in [6.07, 6.45) is 3.70. The van der Waals surface area contributed by atoms with Crippen molar-refractivity contribution < 1.29 is 13.2 Å². The number of benzene rings is 2. The molecule has 35 heavy (non-hydrogen) atoms. The molecule has 1 amide bonds. The van der Waals surface area contributed by atoms with Crippen LogP contribution in [0.4, 0.5) is 5.69 Å². The van der Waals surface area contributed by atoms with Crippen molar-refractivity contribution in [2.45, 2.75) is 43.5 Å². The molecule has 2 aromatic carbocycles. The summed E-state index contributed by atoms with van der Waals surface area (Å²) in [7, 11) is 4.21. The zero-order chi connectivity index (χ0) is 25.2. The molecule has 0 unspecified atom stereocenters. The third kappa shape index (κ3) is 5.51. The Morgan fingerprint density at radius 2 is 1.69 bits per heavy atom. The molecule has 8 nitrogen and oxygen atoms in total. The molecule has 188 valence electrons. The quantitative estimate of drug-likeness (QED) is 0.477. The lowest BCUT2D eigenvalue weighted by molar-refractivity contribution is -0.130. The van der Waals surface area contributed by atoms with Gasteiger partial charge >= 0.3 is 0 Å². The van der Waals surface area contributed by atoms with Crippen molar-refractivity contribution in [3.63, 3.8) is 0 Å². The minimum Gasteiger partial charge on any atom is -0.378 e. The summed E-state index contributed by atoms with van der Waals surface area (Å²) < 4.78 is 29.6. The summed E-state index contributed by atoms with van der Waals surface area (Å²) in [5.41, 5.74) is 3.70. The van der Waals surface area contributed by atoms with Crippen LogP contribution in [-0.4, -0.2) is 67.3 Å². The van der Waals surface area contributed by atoms with Gasteiger partial charge in [-0.25, -0.2) is 13.4 Å². The van der Waals surface area contributed by atoms with Gasteiger partial charge in [-0.15, -0.1) is 0 Å². The van der Waals surface area contributed by atoms with Gasteiger partial charge in [0.2, 0.25) is 15.9 Å². The number of imidazole rings is 1. The van der Waals surface area contributed by atoms with E-state index < -0.39 is 10.0 Å². The molecule has 3 aromatic rings. The average Bonchev–Trinajstić information content (AvgIpc) is 3.18. The van der Waals surface area contributed by atoms with Gasteiger partial charge in [0.15, 0.2) is 0 Å². The highest BCUT2D eigenvalue weighted by Gasteiger charge is 2.26. The third-order valence-electron chi connectivity index (χ3n) is 6.76. The number of hydrogen-bond donors (Lipinski definition) is 0. The van der Waals surface area contributed by atoms with Crippen LogP contribution in [0.5, 0.6) is 0 Å². The fraction of sp³-hybridized carbons (Fsp3) is 0.462. The van der Waals surface area contributed by atoms with Gasteiger partial charge in [-0.1, -0.05) is 18.6 Å². The van der Waals surface area contributed by atoms with E-state index in [4.69, 9.17) is 0 Å². The van der Waals surface area contributed by atoms with Crippen molar-refractivity contribution in [2.75, 3.05) is 39.1 Å². The Bertz CT molecular complexity index is 1290. The molecule has 0 saturated carbocycles. The first-order valence-corrected chi connectivity index (χ1v) is 13.6. The zero-order valence-electron chi connectivity index (χ0n) is 21.1. The number of aromatic nitrogens is 2. The largest absolute Gasteiger partial charge is 0.378 e. The van der Waals surface area contributed by atoms with E-state index in [0.29, 0.717) is 38.0 Å². The predicted molar refractivity (Wildman–Crippen MR) is 139 cm³/mol. The van der Waals surface area contributed by atoms with Crippen LogP contribution >= 0.6 is 0 Å². The maximum atomic E-state index is 13.1. The summed E-state index contributed by atoms with van der Waals surface area (Å²) in [5.74, 6) is 0.812. The monoisotopic (exact) mass is 497 g/mol. The molecule has 1 saturated heterocycles. The molecule has 1 aliphatic rings. The van der Waals surface area contributed by atoms with Crippen LogP contribution in [0.2, 0.25) is 0 Å².